The van der Waals surface area contributed by atoms with Gasteiger partial charge in [-0.3, -0.25) is 0 Å². The smallest absolute Gasteiger partial charge is 0.328 e. The van der Waals surface area contributed by atoms with Gasteiger partial charge in [-0.15, -0.1) is 0 Å². The number of hydrogen-bond acceptors (Lipinski definition) is 3. The molecule has 0 spiro atoms. The van der Waals surface area contributed by atoms with E-state index in [0.29, 0.717) is 5.76 Å². The summed E-state index contributed by atoms with van der Waals surface area (Å²) in [4.78, 5) is 10.0. The number of nitrogens with zero attached hydrogens (tertiary/aromatic N) is 1. The Kier molecular flexibility index (Phi) is 2.06. The molecule has 0 fully saturated rings. The monoisotopic (exact) mass is 153 g/mol. The van der Waals surface area contributed by atoms with Gasteiger partial charge >= 0.3 is 5.97 Å². The lowest BCUT2D eigenvalue weighted by Gasteiger charge is -1.77. The Balaban J connectivity index is 2.71. The predicted molar refractivity (Wildman–Crippen MR) is 37.9 cm³/mol. The fourth-order valence-corrected chi connectivity index (χ4v) is 0.615. The molecule has 0 aliphatic heterocycles. The summed E-state index contributed by atoms with van der Waals surface area (Å²) in [5.74, 6) is -0.552. The van der Waals surface area contributed by atoms with E-state index in [1.54, 1.807) is 13.0 Å². The summed E-state index contributed by atoms with van der Waals surface area (Å²) in [5.41, 5.74) is 0.732. The Morgan fingerprint density at radius 1 is 1.82 bits per heavy atom. The normalized spacial score (nSPS) is 10.6. The molecule has 4 nitrogen and oxygen atoms in total. The molecule has 0 aliphatic carbocycles. The van der Waals surface area contributed by atoms with E-state index in [0.717, 1.165) is 11.8 Å². The van der Waals surface area contributed by atoms with Crippen molar-refractivity contribution in [2.45, 2.75) is 6.92 Å². The number of carboxylic acid groups (broad SMARTS) is 1. The summed E-state index contributed by atoms with van der Waals surface area (Å²) >= 11 is 0. The third kappa shape index (κ3) is 2.25. The average molecular weight is 153 g/mol. The van der Waals surface area contributed by atoms with Gasteiger partial charge in [0.1, 0.15) is 0 Å². The van der Waals surface area contributed by atoms with Crippen LogP contribution in [0, 0.1) is 6.92 Å². The molecule has 58 valence electrons. The minimum atomic E-state index is -1.00. The molecular formula is C7H7NO3. The van der Waals surface area contributed by atoms with Crippen LogP contribution in [0.15, 0.2) is 16.7 Å². The molecule has 4 heteroatoms. The maximum atomic E-state index is 10.0. The van der Waals surface area contributed by atoms with Crippen molar-refractivity contribution in [1.29, 1.82) is 0 Å². The van der Waals surface area contributed by atoms with E-state index >= 15 is 0 Å². The number of rotatable bonds is 2. The molecule has 0 amide bonds. The van der Waals surface area contributed by atoms with Gasteiger partial charge in [0.05, 0.1) is 5.69 Å². The van der Waals surface area contributed by atoms with Gasteiger partial charge in [-0.2, -0.15) is 0 Å². The fraction of sp³-hybridized carbons (Fsp3) is 0.143. The van der Waals surface area contributed by atoms with Gasteiger partial charge in [0, 0.05) is 12.1 Å². The van der Waals surface area contributed by atoms with Crippen molar-refractivity contribution < 1.29 is 14.4 Å². The lowest BCUT2D eigenvalue weighted by molar-refractivity contribution is -0.131. The van der Waals surface area contributed by atoms with Crippen LogP contribution in [0.1, 0.15) is 11.5 Å². The van der Waals surface area contributed by atoms with E-state index in [1.807, 2.05) is 0 Å². The summed E-state index contributed by atoms with van der Waals surface area (Å²) in [7, 11) is 0. The van der Waals surface area contributed by atoms with Crippen LogP contribution >= 0.6 is 0 Å². The highest BCUT2D eigenvalue weighted by Crippen LogP contribution is 2.03. The number of carbonyl (C=O) groups is 1. The lowest BCUT2D eigenvalue weighted by Crippen LogP contribution is -1.84. The first kappa shape index (κ1) is 7.53. The van der Waals surface area contributed by atoms with E-state index in [9.17, 15) is 4.79 Å². The zero-order valence-corrected chi connectivity index (χ0v) is 5.94. The van der Waals surface area contributed by atoms with Gasteiger partial charge in [0.15, 0.2) is 5.76 Å². The molecule has 1 aromatic rings. The SMILES string of the molecule is Cc1cc(/C=C\C(=O)O)on1. The number of carboxylic acids is 1. The Labute approximate surface area is 63.1 Å². The van der Waals surface area contributed by atoms with Gasteiger partial charge in [-0.1, -0.05) is 5.16 Å². The third-order valence-corrected chi connectivity index (χ3v) is 1.04. The zero-order chi connectivity index (χ0) is 8.27. The standard InChI is InChI=1S/C7H7NO3/c1-5-4-6(11-8-5)2-3-7(9)10/h2-4H,1H3,(H,9,10)/b3-2-. The minimum Gasteiger partial charge on any atom is -0.478 e. The highest BCUT2D eigenvalue weighted by Gasteiger charge is 1.95. The van der Waals surface area contributed by atoms with Crippen LogP contribution in [0.4, 0.5) is 0 Å². The fourth-order valence-electron chi connectivity index (χ4n) is 0.615. The average Bonchev–Trinajstić information content (AvgIpc) is 2.31. The van der Waals surface area contributed by atoms with Crippen molar-refractivity contribution >= 4 is 12.0 Å². The minimum absolute atomic E-state index is 0.449. The molecule has 0 atom stereocenters. The molecule has 1 heterocycles. The van der Waals surface area contributed by atoms with Gasteiger partial charge in [-0.05, 0) is 13.0 Å². The predicted octanol–water partition coefficient (Wildman–Crippen LogP) is 1.08. The van der Waals surface area contributed by atoms with Crippen molar-refractivity contribution in [2.75, 3.05) is 0 Å². The zero-order valence-electron chi connectivity index (χ0n) is 5.94. The van der Waals surface area contributed by atoms with E-state index in [1.165, 1.54) is 6.08 Å². The summed E-state index contributed by atoms with van der Waals surface area (Å²) in [6.07, 6.45) is 2.35. The summed E-state index contributed by atoms with van der Waals surface area (Å²) < 4.78 is 4.71. The molecule has 0 unspecified atom stereocenters. The van der Waals surface area contributed by atoms with Crippen molar-refractivity contribution in [1.82, 2.24) is 5.16 Å². The van der Waals surface area contributed by atoms with Gasteiger partial charge < -0.3 is 9.63 Å². The van der Waals surface area contributed by atoms with E-state index < -0.39 is 5.97 Å². The third-order valence-electron chi connectivity index (χ3n) is 1.04. The van der Waals surface area contributed by atoms with E-state index in [2.05, 4.69) is 5.16 Å². The maximum absolute atomic E-state index is 10.0. The van der Waals surface area contributed by atoms with Crippen LogP contribution in [0.25, 0.3) is 6.08 Å². The molecule has 0 saturated carbocycles. The van der Waals surface area contributed by atoms with Crippen LogP contribution in [0.2, 0.25) is 0 Å². The van der Waals surface area contributed by atoms with Gasteiger partial charge in [0.25, 0.3) is 0 Å². The molecule has 1 rings (SSSR count). The van der Waals surface area contributed by atoms with Crippen molar-refractivity contribution in [2.24, 2.45) is 0 Å². The topological polar surface area (TPSA) is 63.3 Å². The van der Waals surface area contributed by atoms with Crippen LogP contribution in [0.5, 0.6) is 0 Å². The molecule has 0 bridgehead atoms. The number of aryl methyl sites for hydroxylation is 1. The van der Waals surface area contributed by atoms with Crippen LogP contribution in [-0.4, -0.2) is 16.2 Å². The summed E-state index contributed by atoms with van der Waals surface area (Å²) in [6, 6.07) is 1.65. The van der Waals surface area contributed by atoms with E-state index in [4.69, 9.17) is 9.63 Å². The molecule has 0 aliphatic rings. The summed E-state index contributed by atoms with van der Waals surface area (Å²) in [6.45, 7) is 1.77. The second-order valence-electron chi connectivity index (χ2n) is 2.04. The lowest BCUT2D eigenvalue weighted by atomic mass is 10.3. The highest BCUT2D eigenvalue weighted by atomic mass is 16.5. The van der Waals surface area contributed by atoms with Crippen LogP contribution in [0.3, 0.4) is 0 Å². The largest absolute Gasteiger partial charge is 0.478 e. The number of aromatic nitrogens is 1. The second-order valence-corrected chi connectivity index (χ2v) is 2.04. The number of hydrogen-bond donors (Lipinski definition) is 1. The molecule has 11 heavy (non-hydrogen) atoms. The molecule has 1 N–H and O–H groups in total. The molecule has 0 aromatic carbocycles. The highest BCUT2D eigenvalue weighted by molar-refractivity contribution is 5.84. The van der Waals surface area contributed by atoms with Crippen molar-refractivity contribution in [3.8, 4) is 0 Å². The maximum Gasteiger partial charge on any atom is 0.328 e. The van der Waals surface area contributed by atoms with Crippen LogP contribution in [-0.2, 0) is 4.79 Å². The van der Waals surface area contributed by atoms with Gasteiger partial charge in [0.2, 0.25) is 0 Å². The Morgan fingerprint density at radius 2 is 2.55 bits per heavy atom. The van der Waals surface area contributed by atoms with E-state index in [-0.39, 0.29) is 0 Å². The van der Waals surface area contributed by atoms with Crippen molar-refractivity contribution in [3.05, 3.63) is 23.6 Å². The first-order valence-corrected chi connectivity index (χ1v) is 3.03. The summed E-state index contributed by atoms with van der Waals surface area (Å²) in [5, 5.41) is 11.8. The first-order valence-electron chi connectivity index (χ1n) is 3.03. The van der Waals surface area contributed by atoms with Crippen molar-refractivity contribution in [3.63, 3.8) is 0 Å². The first-order chi connectivity index (χ1) is 5.18. The van der Waals surface area contributed by atoms with Gasteiger partial charge in [-0.25, -0.2) is 4.79 Å². The Bertz CT molecular complexity index is 288. The Morgan fingerprint density at radius 3 is 3.00 bits per heavy atom. The quantitative estimate of drug-likeness (QED) is 0.645. The van der Waals surface area contributed by atoms with Crippen LogP contribution < -0.4 is 0 Å². The molecule has 1 aromatic heterocycles. The molecular weight excluding hydrogens is 146 g/mol. The Hall–Kier alpha value is -1.58. The number of aliphatic carboxylic acids is 1. The molecule has 0 saturated heterocycles. The second kappa shape index (κ2) is 3.01. The molecule has 0 radical (unpaired) electrons.